The Morgan fingerprint density at radius 3 is 2.17 bits per heavy atom. The number of anilines is 1. The molecule has 3 atom stereocenters. The van der Waals surface area contributed by atoms with Gasteiger partial charge in [-0.05, 0) is 66.8 Å². The minimum Gasteiger partial charge on any atom is -0.314 e. The Hall–Kier alpha value is -3.09. The average molecular weight is 475 g/mol. The van der Waals surface area contributed by atoms with Crippen LogP contribution >= 0.6 is 0 Å². The number of hydrogen-bond acceptors (Lipinski definition) is 5. The molecule has 0 aromatic carbocycles. The van der Waals surface area contributed by atoms with Gasteiger partial charge >= 0.3 is 0 Å². The summed E-state index contributed by atoms with van der Waals surface area (Å²) in [4.78, 5) is 51.5. The van der Waals surface area contributed by atoms with E-state index in [-0.39, 0.29) is 17.7 Å². The van der Waals surface area contributed by atoms with Crippen LogP contribution in [0.4, 0.5) is 5.69 Å². The lowest BCUT2D eigenvalue weighted by Crippen LogP contribution is -2.69. The van der Waals surface area contributed by atoms with Crippen LogP contribution in [0.2, 0.25) is 0 Å². The van der Waals surface area contributed by atoms with Gasteiger partial charge in [0.05, 0.1) is 5.92 Å². The van der Waals surface area contributed by atoms with Crippen LogP contribution in [-0.2, 0) is 20.8 Å². The Bertz CT molecular complexity index is 1050. The SMILES string of the molecule is CN(C(=O)[C@@H]1[C@@H](Cc2ccncc2)C(=O)N1C(=O)C[C@@H](C1CCCCC1)C1CC1)c1ccncc1. The van der Waals surface area contributed by atoms with Crippen LogP contribution in [0.25, 0.3) is 0 Å². The number of likely N-dealkylation sites (N-methyl/N-ethyl adjacent to an activating group) is 1. The molecule has 0 bridgehead atoms. The van der Waals surface area contributed by atoms with E-state index < -0.39 is 12.0 Å². The van der Waals surface area contributed by atoms with E-state index in [1.54, 1.807) is 44.0 Å². The molecule has 7 heteroatoms. The van der Waals surface area contributed by atoms with E-state index in [2.05, 4.69) is 9.97 Å². The predicted molar refractivity (Wildman–Crippen MR) is 132 cm³/mol. The number of carbonyl (C=O) groups is 3. The minimum atomic E-state index is -0.785. The number of imide groups is 1. The summed E-state index contributed by atoms with van der Waals surface area (Å²) in [6.07, 6.45) is 15.9. The second kappa shape index (κ2) is 10.3. The summed E-state index contributed by atoms with van der Waals surface area (Å²) < 4.78 is 0. The molecule has 2 aromatic heterocycles. The lowest BCUT2D eigenvalue weighted by Gasteiger charge is -2.46. The molecule has 0 unspecified atom stereocenters. The van der Waals surface area contributed by atoms with Crippen molar-refractivity contribution in [3.05, 3.63) is 54.6 Å². The van der Waals surface area contributed by atoms with E-state index in [4.69, 9.17) is 0 Å². The number of rotatable bonds is 8. The van der Waals surface area contributed by atoms with Crippen molar-refractivity contribution >= 4 is 23.4 Å². The molecular weight excluding hydrogens is 440 g/mol. The molecule has 1 aliphatic heterocycles. The summed E-state index contributed by atoms with van der Waals surface area (Å²) in [7, 11) is 1.70. The maximum absolute atomic E-state index is 13.7. The Balaban J connectivity index is 1.36. The highest BCUT2D eigenvalue weighted by molar-refractivity contribution is 6.12. The van der Waals surface area contributed by atoms with Gasteiger partial charge in [-0.3, -0.25) is 29.3 Å². The standard InChI is InChI=1S/C28H34N4O3/c1-31(22-11-15-30-16-12-22)28(35)26-24(17-19-9-13-29-14-10-19)27(34)32(26)25(33)18-23(21-7-8-21)20-5-3-2-4-6-20/h9-16,20-21,23-24,26H,2-8,17-18H2,1H3/t23-,24+,26-/m0/s1. The van der Waals surface area contributed by atoms with Gasteiger partial charge in [-0.15, -0.1) is 0 Å². The van der Waals surface area contributed by atoms with Crippen LogP contribution in [0.5, 0.6) is 0 Å². The number of carbonyl (C=O) groups excluding carboxylic acids is 3. The number of β-lactam (4-membered cyclic amide) rings is 1. The largest absolute Gasteiger partial charge is 0.314 e. The van der Waals surface area contributed by atoms with Crippen molar-refractivity contribution in [2.24, 2.45) is 23.7 Å². The summed E-state index contributed by atoms with van der Waals surface area (Å²) >= 11 is 0. The maximum atomic E-state index is 13.7. The van der Waals surface area contributed by atoms with Crippen molar-refractivity contribution in [3.63, 3.8) is 0 Å². The average Bonchev–Trinajstić information content (AvgIpc) is 3.75. The van der Waals surface area contributed by atoms with Crippen molar-refractivity contribution < 1.29 is 14.4 Å². The summed E-state index contributed by atoms with van der Waals surface area (Å²) in [6, 6.07) is 6.45. The van der Waals surface area contributed by atoms with Gasteiger partial charge in [0.2, 0.25) is 11.8 Å². The van der Waals surface area contributed by atoms with Crippen molar-refractivity contribution in [2.75, 3.05) is 11.9 Å². The van der Waals surface area contributed by atoms with Gasteiger partial charge in [0.15, 0.2) is 0 Å². The fourth-order valence-electron chi connectivity index (χ4n) is 6.08. The summed E-state index contributed by atoms with van der Waals surface area (Å²) in [5, 5.41) is 0. The Labute approximate surface area is 206 Å². The summed E-state index contributed by atoms with van der Waals surface area (Å²) in [5.74, 6) is 0.313. The van der Waals surface area contributed by atoms with Gasteiger partial charge < -0.3 is 4.90 Å². The third-order valence-electron chi connectivity index (χ3n) is 8.21. The first-order chi connectivity index (χ1) is 17.0. The Morgan fingerprint density at radius 1 is 0.943 bits per heavy atom. The molecule has 0 radical (unpaired) electrons. The van der Waals surface area contributed by atoms with Crippen molar-refractivity contribution in [3.8, 4) is 0 Å². The van der Waals surface area contributed by atoms with Crippen LogP contribution in [0, 0.1) is 23.7 Å². The van der Waals surface area contributed by atoms with Gasteiger partial charge in [0, 0.05) is 43.9 Å². The zero-order chi connectivity index (χ0) is 24.4. The first kappa shape index (κ1) is 23.6. The molecule has 2 aliphatic carbocycles. The van der Waals surface area contributed by atoms with E-state index in [0.717, 1.165) is 5.56 Å². The van der Waals surface area contributed by atoms with Crippen LogP contribution in [0.3, 0.4) is 0 Å². The number of nitrogens with zero attached hydrogens (tertiary/aromatic N) is 4. The molecule has 1 saturated heterocycles. The molecule has 0 N–H and O–H groups in total. The quantitative estimate of drug-likeness (QED) is 0.540. The normalized spacial score (nSPS) is 23.5. The third kappa shape index (κ3) is 5.00. The highest BCUT2D eigenvalue weighted by Gasteiger charge is 2.55. The van der Waals surface area contributed by atoms with Crippen LogP contribution < -0.4 is 4.90 Å². The molecule has 35 heavy (non-hydrogen) atoms. The van der Waals surface area contributed by atoms with Crippen molar-refractivity contribution in [1.29, 1.82) is 0 Å². The third-order valence-corrected chi connectivity index (χ3v) is 8.21. The van der Waals surface area contributed by atoms with Gasteiger partial charge in [-0.1, -0.05) is 32.1 Å². The smallest absolute Gasteiger partial charge is 0.250 e. The topological polar surface area (TPSA) is 83.5 Å². The first-order valence-electron chi connectivity index (χ1n) is 13.0. The number of amides is 3. The molecular formula is C28H34N4O3. The molecule has 184 valence electrons. The van der Waals surface area contributed by atoms with Crippen molar-refractivity contribution in [1.82, 2.24) is 14.9 Å². The lowest BCUT2D eigenvalue weighted by atomic mass is 9.75. The van der Waals surface area contributed by atoms with Gasteiger partial charge in [-0.25, -0.2) is 0 Å². The zero-order valence-electron chi connectivity index (χ0n) is 20.4. The number of hydrogen-bond donors (Lipinski definition) is 0. The first-order valence-corrected chi connectivity index (χ1v) is 13.0. The highest BCUT2D eigenvalue weighted by Crippen LogP contribution is 2.47. The van der Waals surface area contributed by atoms with Gasteiger partial charge in [0.25, 0.3) is 5.91 Å². The molecule has 0 spiro atoms. The predicted octanol–water partition coefficient (Wildman–Crippen LogP) is 4.03. The van der Waals surface area contributed by atoms with E-state index in [1.807, 2.05) is 12.1 Å². The fourth-order valence-corrected chi connectivity index (χ4v) is 6.08. The highest BCUT2D eigenvalue weighted by atomic mass is 16.2. The second-order valence-corrected chi connectivity index (χ2v) is 10.4. The minimum absolute atomic E-state index is 0.176. The molecule has 2 aromatic rings. The molecule has 3 fully saturated rings. The monoisotopic (exact) mass is 474 g/mol. The number of likely N-dealkylation sites (tertiary alicyclic amines) is 1. The fraction of sp³-hybridized carbons (Fsp3) is 0.536. The van der Waals surface area contributed by atoms with Crippen LogP contribution in [-0.4, -0.2) is 45.7 Å². The number of pyridine rings is 2. The van der Waals surface area contributed by atoms with Gasteiger partial charge in [0.1, 0.15) is 6.04 Å². The van der Waals surface area contributed by atoms with E-state index >= 15 is 0 Å². The van der Waals surface area contributed by atoms with E-state index in [0.29, 0.717) is 36.3 Å². The molecule has 3 amide bonds. The second-order valence-electron chi connectivity index (χ2n) is 10.4. The molecule has 2 saturated carbocycles. The molecule has 7 nitrogen and oxygen atoms in total. The lowest BCUT2D eigenvalue weighted by molar-refractivity contribution is -0.171. The summed E-state index contributed by atoms with van der Waals surface area (Å²) in [6.45, 7) is 0. The zero-order valence-corrected chi connectivity index (χ0v) is 20.4. The van der Waals surface area contributed by atoms with E-state index in [1.165, 1.54) is 54.7 Å². The van der Waals surface area contributed by atoms with E-state index in [9.17, 15) is 14.4 Å². The van der Waals surface area contributed by atoms with Crippen LogP contribution in [0.1, 0.15) is 56.9 Å². The molecule has 3 heterocycles. The molecule has 5 rings (SSSR count). The Kier molecular flexibility index (Phi) is 6.93. The number of aromatic nitrogens is 2. The van der Waals surface area contributed by atoms with Crippen molar-refractivity contribution in [2.45, 2.75) is 63.8 Å². The van der Waals surface area contributed by atoms with Gasteiger partial charge in [-0.2, -0.15) is 0 Å². The maximum Gasteiger partial charge on any atom is 0.250 e. The van der Waals surface area contributed by atoms with Crippen LogP contribution in [0.15, 0.2) is 49.1 Å². The Morgan fingerprint density at radius 2 is 1.54 bits per heavy atom. The summed E-state index contributed by atoms with van der Waals surface area (Å²) in [5.41, 5.74) is 1.63. The molecule has 3 aliphatic rings.